The maximum Gasteiger partial charge on any atom is 0.327 e. The summed E-state index contributed by atoms with van der Waals surface area (Å²) in [6.07, 6.45) is 19.3. The lowest BCUT2D eigenvalue weighted by Crippen LogP contribution is -2.41. The summed E-state index contributed by atoms with van der Waals surface area (Å²) in [5.74, 6) is 0.741. The Balaban J connectivity index is 2.92. The number of unbranched alkanes of at least 4 members (excludes halogenated alkanes) is 12. The second-order valence-electron chi connectivity index (χ2n) is 10.6. The van der Waals surface area contributed by atoms with E-state index in [2.05, 4.69) is 19.9 Å². The topological polar surface area (TPSA) is 129 Å². The molecule has 0 aromatic heterocycles. The maximum absolute atomic E-state index is 10.1. The molecule has 39 heavy (non-hydrogen) atoms. The first kappa shape index (κ1) is 36.6. The Labute approximate surface area is 239 Å². The van der Waals surface area contributed by atoms with Crippen LogP contribution < -0.4 is 4.74 Å². The predicted molar refractivity (Wildman–Crippen MR) is 159 cm³/mol. The highest BCUT2D eigenvalue weighted by Gasteiger charge is 2.34. The number of aliphatic hydroxyl groups excluding tert-OH is 1. The van der Waals surface area contributed by atoms with Crippen molar-refractivity contribution in [1.82, 2.24) is 0 Å². The molecule has 0 atom stereocenters. The van der Waals surface area contributed by atoms with Crippen molar-refractivity contribution in [2.24, 2.45) is 5.41 Å². The Kier molecular flexibility index (Phi) is 21.8. The molecule has 1 aromatic rings. The second-order valence-corrected chi connectivity index (χ2v) is 12.2. The summed E-state index contributed by atoms with van der Waals surface area (Å²) >= 11 is 0. The summed E-state index contributed by atoms with van der Waals surface area (Å²) < 4.78 is 16.2. The highest BCUT2D eigenvalue weighted by molar-refractivity contribution is 7.39. The summed E-state index contributed by atoms with van der Waals surface area (Å²) in [5, 5.41) is 10.1. The molecule has 1 rings (SSSR count). The van der Waals surface area contributed by atoms with Gasteiger partial charge in [-0.05, 0) is 42.9 Å². The number of rotatable bonds is 26. The number of benzene rings is 1. The van der Waals surface area contributed by atoms with Gasteiger partial charge in [0.25, 0.3) is 0 Å². The number of aryl methyl sites for hydroxylation is 1. The number of ether oxygens (including phenoxy) is 1. The van der Waals surface area contributed by atoms with Crippen molar-refractivity contribution in [2.45, 2.75) is 117 Å². The van der Waals surface area contributed by atoms with Crippen LogP contribution in [0.1, 0.15) is 115 Å². The smallest absolute Gasteiger partial charge is 0.327 e. The van der Waals surface area contributed by atoms with Crippen molar-refractivity contribution in [3.05, 3.63) is 29.3 Å². The maximum atomic E-state index is 10.1. The van der Waals surface area contributed by atoms with Gasteiger partial charge in [0.05, 0.1) is 25.2 Å². The van der Waals surface area contributed by atoms with Gasteiger partial charge in [-0.15, -0.1) is 0 Å². The zero-order valence-corrected chi connectivity index (χ0v) is 26.0. The molecular weight excluding hydrogens is 538 g/mol. The minimum atomic E-state index is -2.64. The molecule has 0 saturated heterocycles. The first-order valence-electron chi connectivity index (χ1n) is 14.8. The first-order chi connectivity index (χ1) is 18.9. The Morgan fingerprint density at radius 1 is 0.641 bits per heavy atom. The van der Waals surface area contributed by atoms with Gasteiger partial charge < -0.3 is 38.5 Å². The lowest BCUT2D eigenvalue weighted by molar-refractivity contribution is -0.0164. The third-order valence-corrected chi connectivity index (χ3v) is 7.87. The third kappa shape index (κ3) is 17.2. The predicted octanol–water partition coefficient (Wildman–Crippen LogP) is 7.09. The van der Waals surface area contributed by atoms with Crippen LogP contribution in [0, 0.1) is 5.41 Å². The quantitative estimate of drug-likeness (QED) is 0.0570. The van der Waals surface area contributed by atoms with Gasteiger partial charge in [-0.2, -0.15) is 0 Å². The van der Waals surface area contributed by atoms with Crippen molar-refractivity contribution in [1.29, 1.82) is 0 Å². The van der Waals surface area contributed by atoms with Crippen LogP contribution in [-0.2, 0) is 21.9 Å². The summed E-state index contributed by atoms with van der Waals surface area (Å²) in [5.41, 5.74) is 1.28. The van der Waals surface area contributed by atoms with E-state index in [9.17, 15) is 24.7 Å². The molecule has 5 N–H and O–H groups in total. The SMILES string of the molecule is CCCCCCCCCc1cccc(OCC(CO)(COP(O)O)COP(O)O)c1CCCCCCCCC. The van der Waals surface area contributed by atoms with E-state index in [4.69, 9.17) is 13.8 Å². The van der Waals surface area contributed by atoms with Gasteiger partial charge in [0.15, 0.2) is 0 Å². The van der Waals surface area contributed by atoms with Crippen LogP contribution in [0.4, 0.5) is 0 Å². The molecule has 0 saturated carbocycles. The molecule has 0 aliphatic carbocycles. The normalized spacial score (nSPS) is 12.1. The summed E-state index contributed by atoms with van der Waals surface area (Å²) in [6.45, 7) is 3.43. The van der Waals surface area contributed by atoms with E-state index in [1.807, 2.05) is 12.1 Å². The van der Waals surface area contributed by atoms with Gasteiger partial charge in [0, 0.05) is 0 Å². The molecule has 8 nitrogen and oxygen atoms in total. The molecule has 0 unspecified atom stereocenters. The summed E-state index contributed by atoms with van der Waals surface area (Å²) in [4.78, 5) is 37.0. The number of aliphatic hydroxyl groups is 1. The molecule has 1 aromatic carbocycles. The van der Waals surface area contributed by atoms with Crippen LogP contribution in [0.3, 0.4) is 0 Å². The fraction of sp³-hybridized carbons (Fsp3) is 0.793. The molecule has 0 bridgehead atoms. The second kappa shape index (κ2) is 23.2. The van der Waals surface area contributed by atoms with Gasteiger partial charge in [0.2, 0.25) is 0 Å². The van der Waals surface area contributed by atoms with Crippen LogP contribution in [-0.4, -0.2) is 51.1 Å². The van der Waals surface area contributed by atoms with Gasteiger partial charge in [0.1, 0.15) is 12.4 Å². The first-order valence-corrected chi connectivity index (χ1v) is 17.2. The van der Waals surface area contributed by atoms with E-state index in [0.717, 1.165) is 31.4 Å². The molecule has 0 radical (unpaired) electrons. The average Bonchev–Trinajstić information content (AvgIpc) is 2.92. The van der Waals surface area contributed by atoms with Crippen LogP contribution in [0.5, 0.6) is 5.75 Å². The molecule has 0 heterocycles. The Morgan fingerprint density at radius 2 is 1.13 bits per heavy atom. The minimum Gasteiger partial charge on any atom is -0.492 e. The summed E-state index contributed by atoms with van der Waals surface area (Å²) in [7, 11) is -5.29. The molecule has 10 heteroatoms. The van der Waals surface area contributed by atoms with Crippen molar-refractivity contribution in [3.63, 3.8) is 0 Å². The summed E-state index contributed by atoms with van der Waals surface area (Å²) in [6, 6.07) is 6.11. The van der Waals surface area contributed by atoms with Crippen molar-refractivity contribution < 1.29 is 38.5 Å². The van der Waals surface area contributed by atoms with Gasteiger partial charge >= 0.3 is 17.2 Å². The molecule has 0 fully saturated rings. The molecule has 0 aliphatic heterocycles. The number of hydrogen-bond acceptors (Lipinski definition) is 8. The van der Waals surface area contributed by atoms with Crippen molar-refractivity contribution in [2.75, 3.05) is 26.4 Å². The van der Waals surface area contributed by atoms with E-state index in [0.29, 0.717) is 0 Å². The number of hydrogen-bond donors (Lipinski definition) is 5. The standard InChI is InChI=1S/C29H54O8P2/c1-3-5-7-9-11-13-15-18-26-19-17-21-28(27(26)20-16-14-12-10-8-6-4-2)35-23-29(22-30,24-36-38(31)32)25-37-39(33)34/h17,19,21,30-34H,3-16,18,20,22-25H2,1-2H3. The van der Waals surface area contributed by atoms with E-state index < -0.39 is 29.2 Å². The molecule has 0 spiro atoms. The zero-order valence-electron chi connectivity index (χ0n) is 24.2. The van der Waals surface area contributed by atoms with E-state index in [-0.39, 0.29) is 19.8 Å². The monoisotopic (exact) mass is 592 g/mol. The zero-order chi connectivity index (χ0) is 28.8. The minimum absolute atomic E-state index is 0.0409. The third-order valence-electron chi connectivity index (χ3n) is 7.15. The van der Waals surface area contributed by atoms with Crippen molar-refractivity contribution >= 4 is 17.2 Å². The van der Waals surface area contributed by atoms with E-state index >= 15 is 0 Å². The van der Waals surface area contributed by atoms with Crippen LogP contribution in [0.2, 0.25) is 0 Å². The Hall–Kier alpha value is -0.400. The van der Waals surface area contributed by atoms with Gasteiger partial charge in [-0.1, -0.05) is 103 Å². The lowest BCUT2D eigenvalue weighted by atomic mass is 9.92. The van der Waals surface area contributed by atoms with Gasteiger partial charge in [-0.3, -0.25) is 0 Å². The fourth-order valence-electron chi connectivity index (χ4n) is 4.68. The lowest BCUT2D eigenvalue weighted by Gasteiger charge is -2.31. The molecular formula is C29H54O8P2. The highest BCUT2D eigenvalue weighted by atomic mass is 31.2. The Morgan fingerprint density at radius 3 is 1.62 bits per heavy atom. The largest absolute Gasteiger partial charge is 0.492 e. The van der Waals surface area contributed by atoms with Crippen LogP contribution in [0.15, 0.2) is 18.2 Å². The molecule has 0 aliphatic rings. The molecule has 0 amide bonds. The van der Waals surface area contributed by atoms with E-state index in [1.54, 1.807) is 0 Å². The van der Waals surface area contributed by atoms with Crippen LogP contribution in [0.25, 0.3) is 0 Å². The Bertz CT molecular complexity index is 709. The average molecular weight is 593 g/mol. The highest BCUT2D eigenvalue weighted by Crippen LogP contribution is 2.35. The van der Waals surface area contributed by atoms with Gasteiger partial charge in [-0.25, -0.2) is 0 Å². The molecule has 228 valence electrons. The van der Waals surface area contributed by atoms with E-state index in [1.165, 1.54) is 88.2 Å². The fourth-order valence-corrected chi connectivity index (χ4v) is 5.46. The van der Waals surface area contributed by atoms with Crippen molar-refractivity contribution in [3.8, 4) is 5.75 Å². The van der Waals surface area contributed by atoms with Crippen LogP contribution >= 0.6 is 17.2 Å².